The van der Waals surface area contributed by atoms with E-state index in [1.165, 1.54) is 48.5 Å². The van der Waals surface area contributed by atoms with Gasteiger partial charge in [-0.3, -0.25) is 24.0 Å². The Labute approximate surface area is 616 Å². The van der Waals surface area contributed by atoms with Gasteiger partial charge in [0.2, 0.25) is 6.29 Å². The van der Waals surface area contributed by atoms with Crippen LogP contribution in [0.3, 0.4) is 0 Å². The van der Waals surface area contributed by atoms with E-state index in [4.69, 9.17) is 66.3 Å². The zero-order valence-corrected chi connectivity index (χ0v) is 62.8. The maximum atomic E-state index is 16.1. The van der Waals surface area contributed by atoms with Gasteiger partial charge in [-0.15, -0.1) is 0 Å². The molecule has 14 N–H and O–H groups in total. The molecule has 5 saturated heterocycles. The minimum absolute atomic E-state index is 0.0444. The van der Waals surface area contributed by atoms with E-state index < -0.39 is 278 Å². The zero-order valence-electron chi connectivity index (χ0n) is 62.8. The second-order valence-corrected chi connectivity index (χ2v) is 33.8. The first kappa shape index (κ1) is 84.6. The van der Waals surface area contributed by atoms with Gasteiger partial charge in [-0.05, 0) is 139 Å². The van der Waals surface area contributed by atoms with Crippen LogP contribution >= 0.6 is 0 Å². The molecular formula is C73H116O33. The number of hydrogen-bond donors (Lipinski definition) is 14. The molecule has 10 rings (SSSR count). The number of rotatable bonds is 21. The number of aliphatic hydroxyl groups is 14. The Morgan fingerprint density at radius 3 is 1.65 bits per heavy atom. The fraction of sp³-hybridized carbons (Fsp3) is 0.904. The number of aliphatic hydroxyl groups excluding tert-OH is 14. The minimum Gasteiger partial charge on any atom is -0.462 e. The van der Waals surface area contributed by atoms with E-state index in [2.05, 4.69) is 40.7 Å². The van der Waals surface area contributed by atoms with Crippen molar-refractivity contribution >= 4 is 29.8 Å². The van der Waals surface area contributed by atoms with Gasteiger partial charge in [0.05, 0.1) is 81.3 Å². The number of hydrogen-bond acceptors (Lipinski definition) is 33. The maximum Gasteiger partial charge on any atom is 0.317 e. The summed E-state index contributed by atoms with van der Waals surface area (Å²) in [6, 6.07) is 0. The lowest BCUT2D eigenvalue weighted by Crippen LogP contribution is -2.70. The summed E-state index contributed by atoms with van der Waals surface area (Å²) in [7, 11) is 0. The monoisotopic (exact) mass is 1520 g/mol. The van der Waals surface area contributed by atoms with Crippen LogP contribution in [0.4, 0.5) is 0 Å². The zero-order chi connectivity index (χ0) is 78.3. The quantitative estimate of drug-likeness (QED) is 0.0283. The topological polar surface area (TPSA) is 498 Å². The molecule has 33 nitrogen and oxygen atoms in total. The number of carbonyl (C=O) groups excluding carboxylic acids is 5. The number of esters is 5. The lowest BCUT2D eigenvalue weighted by Gasteiger charge is -2.72. The van der Waals surface area contributed by atoms with E-state index in [1.807, 2.05) is 6.92 Å². The lowest BCUT2D eigenvalue weighted by molar-refractivity contribution is -0.380. The standard InChI is InChI=1S/C73H116O33/c1-29(75)21-44(80)94-30(2)22-45(81)95-31(3)23-46(82)101-56-34(6)99-66(60(53(56)89)104-65-59(100-36(8)76)54(90)57(35(7)98-65)102-62-55(91)58(40(78)27-93-62)103-63-51(87)49(85)47(83)32(4)96-63)106-67(92)73-20-19-68(9,10)24-38(73)37-15-16-42-69(11)25-39(77)61(105-64-52(88)50(86)48(84)33(5)97-64)70(12,28-74)41(69)17-18-71(42,13)72(37,14)26-43(73)79/h15,29-35,38-43,47-66,74-75,77-79,83-91H,16-28H2,1-14H3/t29-,30-,31-,32-,33-,34+,35-,38-,39-,40+,41+,42+,43+,47-,48-,49+,50+,51+,52+,53-,54+,55+,56-,57-,58-,59+,60+,61-,62-,63-,64-,65-,66-,69-,70-,71+,72+,73+/m0/s1. The average molecular weight is 1520 g/mol. The van der Waals surface area contributed by atoms with Crippen molar-refractivity contribution in [3.63, 3.8) is 0 Å². The lowest BCUT2D eigenvalue weighted by atomic mass is 9.33. The van der Waals surface area contributed by atoms with Crippen LogP contribution in [0.1, 0.15) is 168 Å². The number of fused-ring (bicyclic) bond motifs is 7. The van der Waals surface area contributed by atoms with Gasteiger partial charge in [-0.1, -0.05) is 53.2 Å². The Balaban J connectivity index is 0.925. The van der Waals surface area contributed by atoms with Crippen molar-refractivity contribution in [2.75, 3.05) is 13.2 Å². The summed E-state index contributed by atoms with van der Waals surface area (Å²) in [6.45, 7) is 22.3. The molecule has 0 amide bonds. The predicted octanol–water partition coefficient (Wildman–Crippen LogP) is -1.01. The van der Waals surface area contributed by atoms with Gasteiger partial charge in [0.15, 0.2) is 43.5 Å². The van der Waals surface area contributed by atoms with Crippen molar-refractivity contribution in [1.29, 1.82) is 0 Å². The second-order valence-electron chi connectivity index (χ2n) is 33.8. The van der Waals surface area contributed by atoms with Crippen LogP contribution in [0.2, 0.25) is 0 Å². The number of allylic oxidation sites excluding steroid dienone is 2. The molecule has 9 fully saturated rings. The van der Waals surface area contributed by atoms with E-state index in [1.54, 1.807) is 0 Å². The Morgan fingerprint density at radius 1 is 0.519 bits per heavy atom. The minimum atomic E-state index is -2.06. The molecule has 5 aliphatic heterocycles. The number of ether oxygens (including phenoxy) is 14. The molecule has 4 saturated carbocycles. The van der Waals surface area contributed by atoms with E-state index >= 15 is 4.79 Å². The molecule has 33 heteroatoms. The first-order valence-electron chi connectivity index (χ1n) is 37.4. The summed E-state index contributed by atoms with van der Waals surface area (Å²) in [4.78, 5) is 68.3. The highest BCUT2D eigenvalue weighted by Crippen LogP contribution is 2.76. The van der Waals surface area contributed by atoms with Crippen molar-refractivity contribution in [1.82, 2.24) is 0 Å². The van der Waals surface area contributed by atoms with Gasteiger partial charge in [0, 0.05) is 12.3 Å². The highest BCUT2D eigenvalue weighted by molar-refractivity contribution is 5.80. The Hall–Kier alpha value is -3.83. The third-order valence-corrected chi connectivity index (χ3v) is 25.6. The van der Waals surface area contributed by atoms with Crippen molar-refractivity contribution < 1.29 is 162 Å². The molecule has 10 aliphatic rings. The smallest absolute Gasteiger partial charge is 0.317 e. The molecule has 106 heavy (non-hydrogen) atoms. The van der Waals surface area contributed by atoms with E-state index in [0.717, 1.165) is 12.5 Å². The van der Waals surface area contributed by atoms with Crippen LogP contribution in [-0.2, 0) is 90.3 Å². The summed E-state index contributed by atoms with van der Waals surface area (Å²) in [5, 5.41) is 158. The van der Waals surface area contributed by atoms with Crippen molar-refractivity contribution in [3.8, 4) is 0 Å². The summed E-state index contributed by atoms with van der Waals surface area (Å²) in [5.41, 5.74) is -4.48. The van der Waals surface area contributed by atoms with Crippen molar-refractivity contribution in [3.05, 3.63) is 11.6 Å². The van der Waals surface area contributed by atoms with Crippen LogP contribution < -0.4 is 0 Å². The van der Waals surface area contributed by atoms with Crippen LogP contribution in [0.15, 0.2) is 11.6 Å². The van der Waals surface area contributed by atoms with Gasteiger partial charge in [0.1, 0.15) is 90.9 Å². The highest BCUT2D eigenvalue weighted by atomic mass is 16.8. The first-order valence-corrected chi connectivity index (χ1v) is 37.4. The van der Waals surface area contributed by atoms with Crippen molar-refractivity contribution in [2.45, 2.75) is 352 Å². The van der Waals surface area contributed by atoms with Crippen LogP contribution in [0.5, 0.6) is 0 Å². The molecule has 5 heterocycles. The molecule has 606 valence electrons. The molecule has 0 radical (unpaired) electrons. The SMILES string of the molecule is CC(=O)O[C@H]1[C@H](O[C@H]2[C@H](OC(=O)[C@]34CCC(C)(C)C[C@H]3C3=CC[C@@H]5[C@@]6(C)C[C@H](O)[C@H](O[C@@H]7O[C@@H](C)[C@H](O)[C@@H](O)[C@H]7O)[C@@](C)(CO)[C@@H]6CC[C@@]5(C)[C@]3(C)C[C@H]4O)O[C@H](C)[C@H](OC(=O)C[C@H](C)OC(=O)C[C@H](C)OC(=O)C[C@H](C)O)[C@@H]2O)O[C@@H](C)[C@H](O[C@@H]2OC[C@@H](O)[C@H](O[C@@H]3O[C@@H](C)[C@H](O)[C@@H](O)[C@H]3O)[C@H]2O)[C@H]1O. The number of carbonyl (C=O) groups is 5. The summed E-state index contributed by atoms with van der Waals surface area (Å²) in [5.74, 6) is -5.78. The predicted molar refractivity (Wildman–Crippen MR) is 358 cm³/mol. The van der Waals surface area contributed by atoms with Crippen LogP contribution in [0.25, 0.3) is 0 Å². The summed E-state index contributed by atoms with van der Waals surface area (Å²) >= 11 is 0. The molecule has 5 aliphatic carbocycles. The third kappa shape index (κ3) is 16.0. The fourth-order valence-electron chi connectivity index (χ4n) is 19.8. The summed E-state index contributed by atoms with van der Waals surface area (Å²) < 4.78 is 83.5. The first-order chi connectivity index (χ1) is 49.4. The molecule has 0 unspecified atom stereocenters. The van der Waals surface area contributed by atoms with Gasteiger partial charge in [-0.25, -0.2) is 0 Å². The molecule has 0 aromatic carbocycles. The summed E-state index contributed by atoms with van der Waals surface area (Å²) in [6.07, 6.45) is -43.1. The molecular weight excluding hydrogens is 1400 g/mol. The highest BCUT2D eigenvalue weighted by Gasteiger charge is 2.74. The van der Waals surface area contributed by atoms with Gasteiger partial charge in [0.25, 0.3) is 0 Å². The van der Waals surface area contributed by atoms with E-state index in [9.17, 15) is 90.7 Å². The van der Waals surface area contributed by atoms with E-state index in [0.29, 0.717) is 32.1 Å². The fourth-order valence-corrected chi connectivity index (χ4v) is 19.8. The molecule has 0 aromatic heterocycles. The molecule has 38 atom stereocenters. The molecule has 0 aromatic rings. The largest absolute Gasteiger partial charge is 0.462 e. The van der Waals surface area contributed by atoms with Crippen LogP contribution in [-0.4, -0.2) is 299 Å². The van der Waals surface area contributed by atoms with Gasteiger partial charge < -0.3 is 138 Å². The van der Waals surface area contributed by atoms with Gasteiger partial charge in [-0.2, -0.15) is 0 Å². The second kappa shape index (κ2) is 32.3. The van der Waals surface area contributed by atoms with E-state index in [-0.39, 0.29) is 37.5 Å². The normalized spacial score (nSPS) is 48.7. The van der Waals surface area contributed by atoms with Crippen LogP contribution in [0, 0.1) is 50.2 Å². The maximum absolute atomic E-state index is 16.1. The third-order valence-electron chi connectivity index (χ3n) is 25.6. The van der Waals surface area contributed by atoms with Crippen molar-refractivity contribution in [2.24, 2.45) is 50.2 Å². The molecule has 0 spiro atoms. The average Bonchev–Trinajstić information content (AvgIpc) is 0.669. The Bertz CT molecular complexity index is 3120. The molecule has 0 bridgehead atoms. The Kier molecular flexibility index (Phi) is 25.8. The van der Waals surface area contributed by atoms with Gasteiger partial charge >= 0.3 is 29.8 Å². The Morgan fingerprint density at radius 2 is 1.06 bits per heavy atom.